The van der Waals surface area contributed by atoms with Crippen LogP contribution in [0.5, 0.6) is 5.75 Å². The number of aliphatic hydroxyl groups excluding tert-OH is 1. The monoisotopic (exact) mass is 421 g/mol. The highest BCUT2D eigenvalue weighted by Crippen LogP contribution is 2.30. The molecule has 1 aromatic heterocycles. The second kappa shape index (κ2) is 11.1. The molecule has 5 heteroatoms. The van der Waals surface area contributed by atoms with Gasteiger partial charge in [-0.3, -0.25) is 0 Å². The lowest BCUT2D eigenvalue weighted by molar-refractivity contribution is 0.155. The van der Waals surface area contributed by atoms with Crippen molar-refractivity contribution >= 4 is 12.8 Å². The molecule has 1 heterocycles. The lowest BCUT2D eigenvalue weighted by Crippen LogP contribution is -2.07. The highest BCUT2D eigenvalue weighted by atomic mass is 16.5. The lowest BCUT2D eigenvalue weighted by atomic mass is 9.83. The first kappa shape index (κ1) is 23.0. The van der Waals surface area contributed by atoms with Gasteiger partial charge >= 0.3 is 0 Å². The van der Waals surface area contributed by atoms with Crippen LogP contribution in [-0.2, 0) is 0 Å². The molecule has 166 valence electrons. The topological polar surface area (TPSA) is 59.6 Å². The Morgan fingerprint density at radius 1 is 1.32 bits per heavy atom. The molecule has 2 aromatic rings. The number of allylic oxidation sites excluding steroid dienone is 3. The van der Waals surface area contributed by atoms with Gasteiger partial charge in [0.15, 0.2) is 5.82 Å². The molecule has 3 rings (SSSR count). The average Bonchev–Trinajstić information content (AvgIpc) is 3.20. The highest BCUT2D eigenvalue weighted by molar-refractivity contribution is 5.63. The Kier molecular flexibility index (Phi) is 8.24. The van der Waals surface area contributed by atoms with Crippen molar-refractivity contribution < 1.29 is 9.84 Å². The van der Waals surface area contributed by atoms with Crippen LogP contribution in [0.15, 0.2) is 53.3 Å². The maximum Gasteiger partial charge on any atom is 0.153 e. The van der Waals surface area contributed by atoms with Crippen LogP contribution in [0.1, 0.15) is 58.7 Å². The van der Waals surface area contributed by atoms with Crippen molar-refractivity contribution in [1.82, 2.24) is 9.66 Å². The van der Waals surface area contributed by atoms with Gasteiger partial charge in [0.2, 0.25) is 0 Å². The highest BCUT2D eigenvalue weighted by Gasteiger charge is 2.16. The van der Waals surface area contributed by atoms with E-state index in [1.807, 2.05) is 36.5 Å². The summed E-state index contributed by atoms with van der Waals surface area (Å²) in [7, 11) is 0. The Bertz CT molecular complexity index is 909. The lowest BCUT2D eigenvalue weighted by Gasteiger charge is -2.22. The van der Waals surface area contributed by atoms with Crippen molar-refractivity contribution in [3.8, 4) is 17.0 Å². The Hall–Kier alpha value is -2.66. The number of nitrogens with zero attached hydrogens (tertiary/aromatic N) is 3. The molecule has 31 heavy (non-hydrogen) atoms. The molecule has 0 saturated carbocycles. The van der Waals surface area contributed by atoms with E-state index in [0.29, 0.717) is 18.9 Å². The molecule has 2 unspecified atom stereocenters. The molecular formula is C26H35N3O2. The van der Waals surface area contributed by atoms with Crippen molar-refractivity contribution in [2.75, 3.05) is 6.61 Å². The van der Waals surface area contributed by atoms with Gasteiger partial charge in [-0.15, -0.1) is 0 Å². The molecule has 1 aromatic carbocycles. The number of ether oxygens (including phenoxy) is 1. The number of hydrogen-bond donors (Lipinski definition) is 1. The Morgan fingerprint density at radius 2 is 2.10 bits per heavy atom. The predicted octanol–water partition coefficient (Wildman–Crippen LogP) is 5.95. The number of hydrogen-bond acceptors (Lipinski definition) is 4. The summed E-state index contributed by atoms with van der Waals surface area (Å²) in [6.45, 7) is 10.5. The summed E-state index contributed by atoms with van der Waals surface area (Å²) in [5.74, 6) is 2.67. The smallest absolute Gasteiger partial charge is 0.153 e. The molecule has 1 N–H and O–H groups in total. The van der Waals surface area contributed by atoms with Crippen LogP contribution in [0.4, 0.5) is 0 Å². The third-order valence-corrected chi connectivity index (χ3v) is 5.99. The largest absolute Gasteiger partial charge is 0.493 e. The van der Waals surface area contributed by atoms with Crippen molar-refractivity contribution in [3.05, 3.63) is 54.0 Å². The van der Waals surface area contributed by atoms with Crippen LogP contribution in [-0.4, -0.2) is 34.2 Å². The first-order valence-corrected chi connectivity index (χ1v) is 11.4. The average molecular weight is 422 g/mol. The predicted molar refractivity (Wildman–Crippen MR) is 128 cm³/mol. The van der Waals surface area contributed by atoms with Gasteiger partial charge in [0.05, 0.1) is 24.6 Å². The van der Waals surface area contributed by atoms with Crippen molar-refractivity contribution in [3.63, 3.8) is 0 Å². The molecular weight excluding hydrogens is 386 g/mol. The Morgan fingerprint density at radius 3 is 2.77 bits per heavy atom. The van der Waals surface area contributed by atoms with E-state index in [1.165, 1.54) is 31.3 Å². The van der Waals surface area contributed by atoms with Gasteiger partial charge in [0.1, 0.15) is 5.75 Å². The van der Waals surface area contributed by atoms with Crippen LogP contribution in [0.25, 0.3) is 17.3 Å². The quantitative estimate of drug-likeness (QED) is 0.381. The fourth-order valence-corrected chi connectivity index (χ4v) is 3.98. The van der Waals surface area contributed by atoms with Gasteiger partial charge in [0.25, 0.3) is 0 Å². The minimum Gasteiger partial charge on any atom is -0.493 e. The molecule has 0 spiro atoms. The molecule has 5 nitrogen and oxygen atoms in total. The summed E-state index contributed by atoms with van der Waals surface area (Å²) >= 11 is 0. The second-order valence-corrected chi connectivity index (χ2v) is 8.42. The maximum atomic E-state index is 9.34. The Balaban J connectivity index is 1.71. The summed E-state index contributed by atoms with van der Waals surface area (Å²) < 4.78 is 7.45. The number of aliphatic hydroxyl groups is 1. The van der Waals surface area contributed by atoms with E-state index in [0.717, 1.165) is 28.7 Å². The number of benzene rings is 1. The first-order valence-electron chi connectivity index (χ1n) is 11.4. The molecule has 0 amide bonds. The van der Waals surface area contributed by atoms with Gasteiger partial charge in [-0.2, -0.15) is 5.10 Å². The summed E-state index contributed by atoms with van der Waals surface area (Å²) in [6, 6.07) is 7.83. The minimum absolute atomic E-state index is 0.357. The van der Waals surface area contributed by atoms with E-state index in [-0.39, 0.29) is 6.10 Å². The Labute approximate surface area is 186 Å². The number of rotatable bonds is 10. The van der Waals surface area contributed by atoms with Crippen LogP contribution >= 0.6 is 0 Å². The zero-order valence-electron chi connectivity index (χ0n) is 19.0. The van der Waals surface area contributed by atoms with Gasteiger partial charge in [-0.05, 0) is 74.8 Å². The maximum absolute atomic E-state index is 9.34. The molecule has 0 radical (unpaired) electrons. The first-order chi connectivity index (χ1) is 15.0. The summed E-state index contributed by atoms with van der Waals surface area (Å²) in [6.07, 6.45) is 13.8. The second-order valence-electron chi connectivity index (χ2n) is 8.42. The normalized spacial score (nSPS) is 18.6. The fraction of sp³-hybridized carbons (Fsp3) is 0.462. The number of aromatic nitrogens is 2. The zero-order valence-corrected chi connectivity index (χ0v) is 19.0. The van der Waals surface area contributed by atoms with E-state index < -0.39 is 0 Å². The molecule has 0 saturated heterocycles. The minimum atomic E-state index is -0.357. The summed E-state index contributed by atoms with van der Waals surface area (Å²) in [4.78, 5) is 4.57. The van der Waals surface area contributed by atoms with E-state index in [2.05, 4.69) is 42.8 Å². The zero-order chi connectivity index (χ0) is 22.2. The molecule has 0 bridgehead atoms. The fourth-order valence-electron chi connectivity index (χ4n) is 3.98. The number of imidazole rings is 1. The molecule has 0 fully saturated rings. The molecule has 3 atom stereocenters. The summed E-state index contributed by atoms with van der Waals surface area (Å²) in [5, 5.41) is 13.5. The third kappa shape index (κ3) is 6.17. The van der Waals surface area contributed by atoms with E-state index in [1.54, 1.807) is 11.6 Å². The van der Waals surface area contributed by atoms with Crippen molar-refractivity contribution in [2.24, 2.45) is 16.9 Å². The van der Waals surface area contributed by atoms with Crippen LogP contribution < -0.4 is 4.74 Å². The van der Waals surface area contributed by atoms with Crippen LogP contribution in [0.3, 0.4) is 0 Å². The van der Waals surface area contributed by atoms with Gasteiger partial charge < -0.3 is 9.84 Å². The van der Waals surface area contributed by atoms with Crippen molar-refractivity contribution in [2.45, 2.75) is 59.0 Å². The van der Waals surface area contributed by atoms with E-state index in [9.17, 15) is 5.11 Å². The van der Waals surface area contributed by atoms with Crippen LogP contribution in [0, 0.1) is 11.8 Å². The standard InChI is InChI=1S/C26H35N3O2/c1-5-21-7-6-8-23(17-21)19(2)9-14-26-28-18-25(29(26)27-4)22-10-12-24(13-11-22)31-16-15-20(3)30/h9-14,17-21,30H,4-8,15-16H2,1-3H3/b14-9-/t19?,20-,21?/m1/s1. The van der Waals surface area contributed by atoms with Crippen LogP contribution in [0.2, 0.25) is 0 Å². The van der Waals surface area contributed by atoms with E-state index >= 15 is 0 Å². The molecule has 1 aliphatic rings. The van der Waals surface area contributed by atoms with Crippen molar-refractivity contribution in [1.29, 1.82) is 0 Å². The summed E-state index contributed by atoms with van der Waals surface area (Å²) in [5.41, 5.74) is 3.42. The third-order valence-electron chi connectivity index (χ3n) is 5.99. The van der Waals surface area contributed by atoms with Gasteiger partial charge in [-0.1, -0.05) is 31.6 Å². The van der Waals surface area contributed by atoms with Gasteiger partial charge in [-0.25, -0.2) is 9.66 Å². The van der Waals surface area contributed by atoms with E-state index in [4.69, 9.17) is 4.74 Å². The molecule has 1 aliphatic carbocycles. The molecule has 0 aliphatic heterocycles. The van der Waals surface area contributed by atoms with Gasteiger partial charge in [0, 0.05) is 18.7 Å². The SMILES string of the molecule is C=Nn1c(-c2ccc(OCC[C@@H](C)O)cc2)cnc1/C=C\C(C)C1=CC(CC)CCC1.